The molecule has 10 heteroatoms. The molecule has 2 atom stereocenters. The summed E-state index contributed by atoms with van der Waals surface area (Å²) in [6.45, 7) is 9.79. The summed E-state index contributed by atoms with van der Waals surface area (Å²) in [6, 6.07) is 5.50. The van der Waals surface area contributed by atoms with Crippen LogP contribution in [0.25, 0.3) is 11.0 Å². The highest BCUT2D eigenvalue weighted by Gasteiger charge is 2.36. The van der Waals surface area contributed by atoms with Crippen molar-refractivity contribution in [3.63, 3.8) is 0 Å². The van der Waals surface area contributed by atoms with Gasteiger partial charge in [-0.2, -0.15) is 0 Å². The van der Waals surface area contributed by atoms with Gasteiger partial charge in [-0.1, -0.05) is 31.5 Å². The summed E-state index contributed by atoms with van der Waals surface area (Å²) in [5.74, 6) is 0.542. The molecule has 1 aromatic heterocycles. The number of hydrogen-bond acceptors (Lipinski definition) is 6. The zero-order valence-electron chi connectivity index (χ0n) is 22.2. The van der Waals surface area contributed by atoms with Crippen LogP contribution in [0.4, 0.5) is 0 Å². The number of nitrogens with one attached hydrogen (secondary N) is 1. The third-order valence-corrected chi connectivity index (χ3v) is 7.46. The van der Waals surface area contributed by atoms with Crippen LogP contribution in [0.1, 0.15) is 43.7 Å². The summed E-state index contributed by atoms with van der Waals surface area (Å²) in [5, 5.41) is 4.01. The number of aryl methyl sites for hydroxylation is 1. The van der Waals surface area contributed by atoms with Crippen LogP contribution in [0.5, 0.6) is 0 Å². The minimum Gasteiger partial charge on any atom is -0.385 e. The van der Waals surface area contributed by atoms with Crippen molar-refractivity contribution >= 4 is 34.4 Å². The smallest absolute Gasteiger partial charge is 0.290 e. The van der Waals surface area contributed by atoms with Gasteiger partial charge < -0.3 is 29.2 Å². The Kier molecular flexibility index (Phi) is 9.81. The van der Waals surface area contributed by atoms with Gasteiger partial charge in [-0.25, -0.2) is 4.98 Å². The number of ether oxygens (including phenoxy) is 2. The van der Waals surface area contributed by atoms with Crippen LogP contribution in [0.15, 0.2) is 18.2 Å². The molecule has 0 bridgehead atoms. The van der Waals surface area contributed by atoms with E-state index in [9.17, 15) is 9.59 Å². The predicted molar refractivity (Wildman–Crippen MR) is 144 cm³/mol. The summed E-state index contributed by atoms with van der Waals surface area (Å²) in [6.07, 6.45) is 2.36. The van der Waals surface area contributed by atoms with Crippen LogP contribution < -0.4 is 5.32 Å². The topological polar surface area (TPSA) is 88.9 Å². The number of carbonyl (C=O) groups excluding carboxylic acids is 2. The van der Waals surface area contributed by atoms with E-state index in [1.54, 1.807) is 7.11 Å². The zero-order chi connectivity index (χ0) is 26.4. The molecule has 2 amide bonds. The van der Waals surface area contributed by atoms with Gasteiger partial charge in [0.25, 0.3) is 5.91 Å². The normalized spacial score (nSPS) is 20.5. The lowest BCUT2D eigenvalue weighted by molar-refractivity contribution is -0.140. The van der Waals surface area contributed by atoms with E-state index < -0.39 is 0 Å². The number of halogens is 1. The van der Waals surface area contributed by atoms with Gasteiger partial charge in [0.15, 0.2) is 5.82 Å². The van der Waals surface area contributed by atoms with Gasteiger partial charge in [0.2, 0.25) is 5.91 Å². The molecule has 37 heavy (non-hydrogen) atoms. The second kappa shape index (κ2) is 13.0. The Bertz CT molecular complexity index is 1070. The molecule has 9 nitrogen and oxygen atoms in total. The number of benzene rings is 1. The highest BCUT2D eigenvalue weighted by Crippen LogP contribution is 2.28. The van der Waals surface area contributed by atoms with Gasteiger partial charge in [-0.15, -0.1) is 0 Å². The fourth-order valence-electron chi connectivity index (χ4n) is 5.35. The molecule has 2 saturated heterocycles. The standard InChI is InChI=1S/C27H40ClN5O4/c1-19(2)18-33(21-15-20(16-29-17-21)26(34)31-10-13-37-14-11-31)27(35)25-30-23-8-6-7-22(28)24(23)32(25)9-4-5-12-36-3/h6-8,19-21,29H,4-5,9-18H2,1-3H3/t20-,21+/m1/s1. The molecule has 1 aromatic carbocycles. The highest BCUT2D eigenvalue weighted by atomic mass is 35.5. The Morgan fingerprint density at radius 1 is 1.24 bits per heavy atom. The summed E-state index contributed by atoms with van der Waals surface area (Å²) < 4.78 is 12.6. The fraction of sp³-hybridized carbons (Fsp3) is 0.667. The molecular formula is C27H40ClN5O4. The first-order valence-corrected chi connectivity index (χ1v) is 13.8. The average Bonchev–Trinajstić information content (AvgIpc) is 3.29. The van der Waals surface area contributed by atoms with Crippen LogP contribution in [0.3, 0.4) is 0 Å². The Labute approximate surface area is 224 Å². The first-order valence-electron chi connectivity index (χ1n) is 13.4. The molecule has 2 aliphatic rings. The molecule has 0 aliphatic carbocycles. The van der Waals surface area contributed by atoms with E-state index in [1.807, 2.05) is 32.6 Å². The van der Waals surface area contributed by atoms with E-state index in [4.69, 9.17) is 26.1 Å². The third-order valence-electron chi connectivity index (χ3n) is 7.15. The number of piperidine rings is 1. The molecule has 0 saturated carbocycles. The SMILES string of the molecule is COCCCCn1c(C(=O)N(CC(C)C)[C@@H]2CNC[C@H](C(=O)N3CCOCC3)C2)nc2cccc(Cl)c21. The van der Waals surface area contributed by atoms with Crippen LogP contribution in [0, 0.1) is 11.8 Å². The Balaban J connectivity index is 1.60. The average molecular weight is 534 g/mol. The van der Waals surface area contributed by atoms with Crippen molar-refractivity contribution in [2.45, 2.75) is 45.7 Å². The predicted octanol–water partition coefficient (Wildman–Crippen LogP) is 3.05. The lowest BCUT2D eigenvalue weighted by atomic mass is 9.92. The minimum atomic E-state index is -0.165. The Morgan fingerprint density at radius 2 is 2.03 bits per heavy atom. The summed E-state index contributed by atoms with van der Waals surface area (Å²) in [7, 11) is 1.69. The molecule has 0 unspecified atom stereocenters. The molecule has 2 aliphatic heterocycles. The lowest BCUT2D eigenvalue weighted by Crippen LogP contribution is -2.56. The molecule has 0 spiro atoms. The first-order chi connectivity index (χ1) is 17.9. The molecule has 2 aromatic rings. The second-order valence-corrected chi connectivity index (χ2v) is 10.8. The van der Waals surface area contributed by atoms with E-state index in [0.717, 1.165) is 18.4 Å². The summed E-state index contributed by atoms with van der Waals surface area (Å²) in [5.41, 5.74) is 1.51. The number of hydrogen-bond donors (Lipinski definition) is 1. The molecule has 2 fully saturated rings. The Hall–Kier alpha value is -2.20. The molecule has 0 radical (unpaired) electrons. The van der Waals surface area contributed by atoms with Gasteiger partial charge in [0.05, 0.1) is 35.2 Å². The van der Waals surface area contributed by atoms with Crippen molar-refractivity contribution in [2.24, 2.45) is 11.8 Å². The van der Waals surface area contributed by atoms with Crippen molar-refractivity contribution in [1.29, 1.82) is 0 Å². The van der Waals surface area contributed by atoms with Crippen LogP contribution in [-0.2, 0) is 20.8 Å². The monoisotopic (exact) mass is 533 g/mol. The van der Waals surface area contributed by atoms with Crippen molar-refractivity contribution in [3.05, 3.63) is 29.0 Å². The number of aromatic nitrogens is 2. The van der Waals surface area contributed by atoms with Crippen molar-refractivity contribution in [3.8, 4) is 0 Å². The maximum atomic E-state index is 14.2. The molecule has 1 N–H and O–H groups in total. The van der Waals surface area contributed by atoms with Crippen LogP contribution in [-0.4, -0.2) is 96.9 Å². The van der Waals surface area contributed by atoms with Crippen LogP contribution in [0.2, 0.25) is 5.02 Å². The van der Waals surface area contributed by atoms with Crippen molar-refractivity contribution in [2.75, 3.05) is 59.7 Å². The lowest BCUT2D eigenvalue weighted by Gasteiger charge is -2.40. The third kappa shape index (κ3) is 6.63. The van der Waals surface area contributed by atoms with Crippen LogP contribution >= 0.6 is 11.6 Å². The minimum absolute atomic E-state index is 0.101. The number of unbranched alkanes of at least 4 members (excludes halogenated alkanes) is 1. The fourth-order valence-corrected chi connectivity index (χ4v) is 5.62. The number of morpholine rings is 1. The molecular weight excluding hydrogens is 494 g/mol. The van der Waals surface area contributed by atoms with Gasteiger partial charge in [0, 0.05) is 59.0 Å². The molecule has 3 heterocycles. The van der Waals surface area contributed by atoms with E-state index in [1.165, 1.54) is 0 Å². The van der Waals surface area contributed by atoms with Gasteiger partial charge in [-0.05, 0) is 37.3 Å². The van der Waals surface area contributed by atoms with Gasteiger partial charge in [0.1, 0.15) is 0 Å². The number of methoxy groups -OCH3 is 1. The maximum Gasteiger partial charge on any atom is 0.290 e. The highest BCUT2D eigenvalue weighted by molar-refractivity contribution is 6.35. The van der Waals surface area contributed by atoms with E-state index in [0.29, 0.717) is 81.9 Å². The largest absolute Gasteiger partial charge is 0.385 e. The number of fused-ring (bicyclic) bond motifs is 1. The van der Waals surface area contributed by atoms with E-state index in [-0.39, 0.29) is 29.7 Å². The number of carbonyl (C=O) groups is 2. The number of imidazole rings is 1. The summed E-state index contributed by atoms with van der Waals surface area (Å²) >= 11 is 6.59. The second-order valence-electron chi connectivity index (χ2n) is 10.4. The molecule has 4 rings (SSSR count). The maximum absolute atomic E-state index is 14.2. The van der Waals surface area contributed by atoms with Gasteiger partial charge in [-0.3, -0.25) is 9.59 Å². The summed E-state index contributed by atoms with van der Waals surface area (Å²) in [4.78, 5) is 36.0. The zero-order valence-corrected chi connectivity index (χ0v) is 23.0. The number of nitrogens with zero attached hydrogens (tertiary/aromatic N) is 4. The van der Waals surface area contributed by atoms with Gasteiger partial charge >= 0.3 is 0 Å². The Morgan fingerprint density at radius 3 is 2.76 bits per heavy atom. The first kappa shape index (κ1) is 27.8. The van der Waals surface area contributed by atoms with Crippen molar-refractivity contribution < 1.29 is 19.1 Å². The molecule has 204 valence electrons. The number of para-hydroxylation sites is 1. The van der Waals surface area contributed by atoms with E-state index >= 15 is 0 Å². The van der Waals surface area contributed by atoms with Crippen molar-refractivity contribution in [1.82, 2.24) is 24.7 Å². The number of rotatable bonds is 10. The quantitative estimate of drug-likeness (QED) is 0.472. The van der Waals surface area contributed by atoms with E-state index in [2.05, 4.69) is 19.2 Å². The number of amides is 2.